The molecule has 2 atom stereocenters. The Morgan fingerprint density at radius 3 is 2.07 bits per heavy atom. The first kappa shape index (κ1) is 12.0. The summed E-state index contributed by atoms with van der Waals surface area (Å²) in [6.07, 6.45) is 0.793. The highest BCUT2D eigenvalue weighted by molar-refractivity contribution is 5.22. The van der Waals surface area contributed by atoms with Crippen LogP contribution < -0.4 is 5.73 Å². The van der Waals surface area contributed by atoms with Gasteiger partial charge in [0.1, 0.15) is 0 Å². The number of hydrogen-bond acceptors (Lipinski definition) is 1. The van der Waals surface area contributed by atoms with Gasteiger partial charge in [-0.2, -0.15) is 0 Å². The zero-order chi connectivity index (χ0) is 11.6. The van der Waals surface area contributed by atoms with Crippen LogP contribution in [0, 0.1) is 23.4 Å². The van der Waals surface area contributed by atoms with Crippen molar-refractivity contribution in [2.45, 2.75) is 26.3 Å². The molecule has 84 valence electrons. The van der Waals surface area contributed by atoms with Crippen molar-refractivity contribution in [1.82, 2.24) is 0 Å². The average Bonchev–Trinajstić information content (AvgIpc) is 2.23. The van der Waals surface area contributed by atoms with Gasteiger partial charge in [-0.3, -0.25) is 0 Å². The van der Waals surface area contributed by atoms with Gasteiger partial charge in [-0.25, -0.2) is 13.2 Å². The SMILES string of the molecule is CCC(C)C(N)c1cc(F)c(F)c(F)c1. The molecule has 2 unspecified atom stereocenters. The second-order valence-electron chi connectivity index (χ2n) is 3.71. The highest BCUT2D eigenvalue weighted by Crippen LogP contribution is 2.24. The van der Waals surface area contributed by atoms with Crippen molar-refractivity contribution in [1.29, 1.82) is 0 Å². The van der Waals surface area contributed by atoms with Crippen LogP contribution in [0.25, 0.3) is 0 Å². The molecule has 0 aliphatic carbocycles. The summed E-state index contributed by atoms with van der Waals surface area (Å²) < 4.78 is 38.5. The lowest BCUT2D eigenvalue weighted by Crippen LogP contribution is -2.19. The van der Waals surface area contributed by atoms with Crippen LogP contribution >= 0.6 is 0 Å². The molecule has 0 saturated heterocycles. The Morgan fingerprint density at radius 1 is 1.20 bits per heavy atom. The van der Waals surface area contributed by atoms with Crippen molar-refractivity contribution in [2.75, 3.05) is 0 Å². The van der Waals surface area contributed by atoms with Crippen molar-refractivity contribution in [2.24, 2.45) is 11.7 Å². The zero-order valence-corrected chi connectivity index (χ0v) is 8.73. The first-order valence-corrected chi connectivity index (χ1v) is 4.87. The molecule has 0 aliphatic heterocycles. The van der Waals surface area contributed by atoms with E-state index in [0.717, 1.165) is 18.6 Å². The van der Waals surface area contributed by atoms with Crippen molar-refractivity contribution < 1.29 is 13.2 Å². The van der Waals surface area contributed by atoms with Crippen LogP contribution in [0.4, 0.5) is 13.2 Å². The van der Waals surface area contributed by atoms with Gasteiger partial charge in [0.15, 0.2) is 17.5 Å². The monoisotopic (exact) mass is 217 g/mol. The Kier molecular flexibility index (Phi) is 3.74. The molecule has 0 radical (unpaired) electrons. The fourth-order valence-electron chi connectivity index (χ4n) is 1.35. The van der Waals surface area contributed by atoms with Crippen LogP contribution in [0.2, 0.25) is 0 Å². The summed E-state index contributed by atoms with van der Waals surface area (Å²) >= 11 is 0. The Balaban J connectivity index is 3.06. The second kappa shape index (κ2) is 4.66. The molecule has 1 aromatic carbocycles. The van der Waals surface area contributed by atoms with Crippen molar-refractivity contribution in [3.05, 3.63) is 35.1 Å². The maximum Gasteiger partial charge on any atom is 0.194 e. The molecule has 15 heavy (non-hydrogen) atoms. The summed E-state index contributed by atoms with van der Waals surface area (Å²) in [6.45, 7) is 3.81. The predicted octanol–water partition coefficient (Wildman–Crippen LogP) is 3.15. The van der Waals surface area contributed by atoms with Crippen LogP contribution in [0.15, 0.2) is 12.1 Å². The molecule has 0 amide bonds. The quantitative estimate of drug-likeness (QED) is 0.773. The van der Waals surface area contributed by atoms with E-state index in [-0.39, 0.29) is 5.92 Å². The lowest BCUT2D eigenvalue weighted by molar-refractivity contribution is 0.426. The first-order chi connectivity index (χ1) is 6.97. The maximum atomic E-state index is 12.9. The van der Waals surface area contributed by atoms with E-state index >= 15 is 0 Å². The standard InChI is InChI=1S/C11H14F3N/c1-3-6(2)11(15)7-4-8(12)10(14)9(13)5-7/h4-6,11H,3,15H2,1-2H3. The lowest BCUT2D eigenvalue weighted by atomic mass is 9.93. The van der Waals surface area contributed by atoms with Gasteiger partial charge in [-0.05, 0) is 23.6 Å². The zero-order valence-electron chi connectivity index (χ0n) is 8.73. The highest BCUT2D eigenvalue weighted by atomic mass is 19.2. The summed E-state index contributed by atoms with van der Waals surface area (Å²) in [5.74, 6) is -3.74. The number of rotatable bonds is 3. The molecule has 4 heteroatoms. The molecule has 0 spiro atoms. The third-order valence-corrected chi connectivity index (χ3v) is 2.65. The van der Waals surface area contributed by atoms with Gasteiger partial charge < -0.3 is 5.73 Å². The van der Waals surface area contributed by atoms with E-state index in [2.05, 4.69) is 0 Å². The van der Waals surface area contributed by atoms with Crippen LogP contribution in [0.1, 0.15) is 31.9 Å². The second-order valence-corrected chi connectivity index (χ2v) is 3.71. The highest BCUT2D eigenvalue weighted by Gasteiger charge is 2.18. The molecule has 1 nitrogen and oxygen atoms in total. The van der Waals surface area contributed by atoms with Crippen LogP contribution in [-0.2, 0) is 0 Å². The number of hydrogen-bond donors (Lipinski definition) is 1. The summed E-state index contributed by atoms with van der Waals surface area (Å²) in [6, 6.07) is 1.43. The van der Waals surface area contributed by atoms with Crippen LogP contribution in [0.3, 0.4) is 0 Å². The minimum atomic E-state index is -1.45. The molecule has 0 aromatic heterocycles. The fourth-order valence-corrected chi connectivity index (χ4v) is 1.35. The van der Waals surface area contributed by atoms with Gasteiger partial charge in [0.25, 0.3) is 0 Å². The van der Waals surface area contributed by atoms with Crippen molar-refractivity contribution >= 4 is 0 Å². The Labute approximate surface area is 87.1 Å². The average molecular weight is 217 g/mol. The molecule has 0 bridgehead atoms. The molecule has 0 heterocycles. The van der Waals surface area contributed by atoms with Gasteiger partial charge in [0, 0.05) is 6.04 Å². The van der Waals surface area contributed by atoms with E-state index in [9.17, 15) is 13.2 Å². The molecule has 0 fully saturated rings. The smallest absolute Gasteiger partial charge is 0.194 e. The number of benzene rings is 1. The van der Waals surface area contributed by atoms with E-state index in [0.29, 0.717) is 5.56 Å². The van der Waals surface area contributed by atoms with Crippen molar-refractivity contribution in [3.63, 3.8) is 0 Å². The van der Waals surface area contributed by atoms with E-state index in [1.54, 1.807) is 0 Å². The maximum absolute atomic E-state index is 12.9. The molecular formula is C11H14F3N. The molecule has 1 rings (SSSR count). The molecule has 0 saturated carbocycles. The Bertz CT molecular complexity index is 329. The summed E-state index contributed by atoms with van der Waals surface area (Å²) in [4.78, 5) is 0. The topological polar surface area (TPSA) is 26.0 Å². The Hall–Kier alpha value is -1.03. The van der Waals surface area contributed by atoms with Gasteiger partial charge in [0.05, 0.1) is 0 Å². The number of nitrogens with two attached hydrogens (primary N) is 1. The summed E-state index contributed by atoms with van der Waals surface area (Å²) in [5.41, 5.74) is 6.07. The largest absolute Gasteiger partial charge is 0.324 e. The third kappa shape index (κ3) is 2.50. The lowest BCUT2D eigenvalue weighted by Gasteiger charge is -2.18. The van der Waals surface area contributed by atoms with Gasteiger partial charge in [-0.15, -0.1) is 0 Å². The number of halogens is 3. The fraction of sp³-hybridized carbons (Fsp3) is 0.455. The first-order valence-electron chi connectivity index (χ1n) is 4.87. The summed E-state index contributed by atoms with van der Waals surface area (Å²) in [7, 11) is 0. The Morgan fingerprint density at radius 2 is 1.67 bits per heavy atom. The van der Waals surface area contributed by atoms with Crippen LogP contribution in [-0.4, -0.2) is 0 Å². The third-order valence-electron chi connectivity index (χ3n) is 2.65. The van der Waals surface area contributed by atoms with E-state index in [4.69, 9.17) is 5.73 Å². The van der Waals surface area contributed by atoms with Crippen molar-refractivity contribution in [3.8, 4) is 0 Å². The normalized spacial score (nSPS) is 15.1. The van der Waals surface area contributed by atoms with E-state index in [1.165, 1.54) is 0 Å². The molecular weight excluding hydrogens is 203 g/mol. The van der Waals surface area contributed by atoms with E-state index < -0.39 is 23.5 Å². The summed E-state index contributed by atoms with van der Waals surface area (Å²) in [5, 5.41) is 0. The van der Waals surface area contributed by atoms with Gasteiger partial charge in [0.2, 0.25) is 0 Å². The molecule has 1 aromatic rings. The van der Waals surface area contributed by atoms with E-state index in [1.807, 2.05) is 13.8 Å². The van der Waals surface area contributed by atoms with Gasteiger partial charge in [-0.1, -0.05) is 20.3 Å². The molecule has 0 aliphatic rings. The van der Waals surface area contributed by atoms with Crippen LogP contribution in [0.5, 0.6) is 0 Å². The minimum absolute atomic E-state index is 0.0919. The minimum Gasteiger partial charge on any atom is -0.324 e. The van der Waals surface area contributed by atoms with Gasteiger partial charge >= 0.3 is 0 Å². The predicted molar refractivity (Wildman–Crippen MR) is 52.7 cm³/mol. The molecule has 2 N–H and O–H groups in total.